The number of aliphatic hydroxyl groups excluding tert-OH is 4. The number of para-hydroxylation sites is 3. The van der Waals surface area contributed by atoms with Gasteiger partial charge in [0.05, 0.1) is 64.7 Å². The number of carbonyl (C=O) groups excluding carboxylic acids is 3. The minimum Gasteiger partial charge on any atom is -0.465 e. The highest BCUT2D eigenvalue weighted by Crippen LogP contribution is 2.53. The molecule has 0 amide bonds. The third kappa shape index (κ3) is 21.9. The summed E-state index contributed by atoms with van der Waals surface area (Å²) in [5.41, 5.74) is 11.4. The number of fused-ring (bicyclic) bond motifs is 3. The minimum atomic E-state index is -4.36. The number of anilines is 6. The molecule has 15 rings (SSSR count). The predicted octanol–water partition coefficient (Wildman–Crippen LogP) is 7.84. The number of aliphatic hydroxyl groups is 4. The van der Waals surface area contributed by atoms with Crippen molar-refractivity contribution >= 4 is 110 Å². The molecule has 6 fully saturated rings. The molecule has 3 saturated carbocycles. The Hall–Kier alpha value is -10.6. The van der Waals surface area contributed by atoms with Gasteiger partial charge in [0, 0.05) is 18.1 Å². The number of nitrogens with two attached hydrogens (primary N) is 3. The number of hydrogen-bond acceptors (Lipinski definition) is 37. The quantitative estimate of drug-likeness (QED) is 0.00755. The zero-order valence-corrected chi connectivity index (χ0v) is 72.6. The largest absolute Gasteiger partial charge is 0.465 e. The summed E-state index contributed by atoms with van der Waals surface area (Å²) in [6.45, 7) is 15.2. The molecule has 43 nitrogen and oxygen atoms in total. The Bertz CT molecular complexity index is 5310. The first-order chi connectivity index (χ1) is 60.5. The average Bonchev–Trinajstić information content (AvgIpc) is 1.59. The van der Waals surface area contributed by atoms with Gasteiger partial charge < -0.3 is 95.6 Å². The summed E-state index contributed by atoms with van der Waals surface area (Å²) in [4.78, 5) is 75.1. The second-order valence-electron chi connectivity index (χ2n) is 30.7. The van der Waals surface area contributed by atoms with Crippen LogP contribution in [0.4, 0.5) is 48.5 Å². The maximum Gasteiger partial charge on any atom is 0.459 e. The van der Waals surface area contributed by atoms with Crippen molar-refractivity contribution in [3.8, 4) is 17.2 Å². The molecule has 1 unspecified atom stereocenters. The maximum absolute atomic E-state index is 16.4. The molecule has 3 aliphatic carbocycles. The van der Waals surface area contributed by atoms with E-state index in [-0.39, 0.29) is 83.4 Å². The molecule has 0 radical (unpaired) electrons. The molecule has 0 spiro atoms. The van der Waals surface area contributed by atoms with Crippen molar-refractivity contribution in [3.05, 3.63) is 135 Å². The van der Waals surface area contributed by atoms with Crippen molar-refractivity contribution in [1.29, 1.82) is 0 Å². The highest BCUT2D eigenvalue weighted by Gasteiger charge is 2.61. The van der Waals surface area contributed by atoms with Crippen LogP contribution in [0.3, 0.4) is 0 Å². The number of nitrogens with one attached hydrogen (secondary N) is 6. The van der Waals surface area contributed by atoms with E-state index in [9.17, 15) is 48.5 Å². The Kier molecular flexibility index (Phi) is 29.3. The first-order valence-corrected chi connectivity index (χ1v) is 45.3. The van der Waals surface area contributed by atoms with E-state index >= 15 is 13.2 Å². The number of ether oxygens (including phenoxy) is 6. The van der Waals surface area contributed by atoms with Crippen LogP contribution in [0.2, 0.25) is 0 Å². The Morgan fingerprint density at radius 2 is 0.795 bits per heavy atom. The SMILES string of the molecule is C=C[C@@]1(F)[C@H](O)[C@@H](COP(=O)(N[C@@H](C)C(=O)OCC)Oc2ccccc2)O[C@H]1n1cnc2c(NC3CC3)nc(N)nc21.C=C[C@@]1(F)[C@H](O)[C@@H](CO[P@](=O)(N[C@@H](C)C(=O)OCC)Oc2ccccc2)O[C@H]1n1cnc2c(NC3CC3)nc(N)nc21.CC(C)OC(=O)[C@H](C)N[P@](=O)(OC[C@H]1O[C@@H](n2cnc3c(NC4CC4)nc(N)nc32)[C@@](F)(CO)[C@@H]1O)Oc1ccccc1. The van der Waals surface area contributed by atoms with E-state index in [2.05, 4.69) is 89.2 Å². The summed E-state index contributed by atoms with van der Waals surface area (Å²) in [5.74, 6) is -0.614. The smallest absolute Gasteiger partial charge is 0.459 e. The number of imidazole rings is 3. The minimum absolute atomic E-state index is 0.0605. The molecule has 3 saturated heterocycles. The van der Waals surface area contributed by atoms with Gasteiger partial charge in [-0.3, -0.25) is 41.7 Å². The first-order valence-electron chi connectivity index (χ1n) is 40.7. The summed E-state index contributed by atoms with van der Waals surface area (Å²) < 4.78 is 161. The van der Waals surface area contributed by atoms with Crippen LogP contribution in [0.25, 0.3) is 33.5 Å². The summed E-state index contributed by atoms with van der Waals surface area (Å²) in [7, 11) is -13.0. The first kappa shape index (κ1) is 94.0. The van der Waals surface area contributed by atoms with Crippen molar-refractivity contribution < 1.29 is 117 Å². The van der Waals surface area contributed by atoms with Gasteiger partial charge in [-0.15, -0.1) is 0 Å². The van der Waals surface area contributed by atoms with Crippen LogP contribution in [-0.2, 0) is 70.1 Å². The second kappa shape index (κ2) is 39.5. The molecule has 9 heterocycles. The molecule has 6 aliphatic rings. The number of esters is 3. The van der Waals surface area contributed by atoms with Gasteiger partial charge in [-0.05, 0) is 136 Å². The fourth-order valence-electron chi connectivity index (χ4n) is 13.5. The molecule has 3 aliphatic heterocycles. The highest BCUT2D eigenvalue weighted by atomic mass is 31.2. The molecule has 18 atom stereocenters. The Balaban J connectivity index is 0.000000163. The summed E-state index contributed by atoms with van der Waals surface area (Å²) >= 11 is 0. The molecule has 9 aromatic rings. The number of carbonyl (C=O) groups is 3. The number of alkyl halides is 3. The van der Waals surface area contributed by atoms with E-state index < -0.39 is 164 Å². The standard InChI is InChI=1S/C26H35FN7O8P.2C26H33FN7O7P/c1-14(2)40-23(37)15(3)33-43(38,42-17-7-5-4-6-8-17)39-11-18-20(36)26(27,12-35)24(41-18)34-13-29-19-21(30-16-9-10-16)31-25(28)32-22(19)34;2*1-4-26(27)20(35)18(13-39-42(37,33-15(3)23(36)38-5-2)41-17-9-7-6-8-10-17)40-24(26)34-14-29-19-21(30-16-11-12-16)31-25(28)32-22(19)34/h4-8,13-16,18,20,24,35-36H,9-12H2,1-3H3,(H,33,38)(H3,28,30,31,32);2*4,6-10,14-16,18,20,24,35H,1,5,11-13H2,2-3H3,(H,33,37)(H3,28,30,31,32)/t15-,18+,20+,24+,26+,43-;15-,18+,20+,24+,26+,42?;15-,18+,20+,24+,26+,42+/m000/s1. The van der Waals surface area contributed by atoms with Gasteiger partial charge >= 0.3 is 41.1 Å². The van der Waals surface area contributed by atoms with Gasteiger partial charge in [-0.25, -0.2) is 41.8 Å². The van der Waals surface area contributed by atoms with Crippen molar-refractivity contribution in [2.45, 2.75) is 202 Å². The van der Waals surface area contributed by atoms with Crippen molar-refractivity contribution in [2.24, 2.45) is 0 Å². The van der Waals surface area contributed by atoms with E-state index in [1.165, 1.54) is 89.9 Å². The number of hydrogen-bond donors (Lipinski definition) is 13. The fraction of sp³-hybridized carbons (Fsp3) is 0.487. The monoisotopic (exact) mass is 1830 g/mol. The fourth-order valence-corrected chi connectivity index (χ4v) is 18.0. The second-order valence-corrected chi connectivity index (χ2v) is 35.8. The highest BCUT2D eigenvalue weighted by molar-refractivity contribution is 7.52. The van der Waals surface area contributed by atoms with Crippen LogP contribution in [-0.4, -0.2) is 233 Å². The van der Waals surface area contributed by atoms with Crippen LogP contribution >= 0.6 is 23.2 Å². The number of halogens is 3. The number of aromatic nitrogens is 12. The Morgan fingerprint density at radius 3 is 1.09 bits per heavy atom. The lowest BCUT2D eigenvalue weighted by atomic mass is 9.96. The summed E-state index contributed by atoms with van der Waals surface area (Å²) in [5, 5.41) is 60.3. The summed E-state index contributed by atoms with van der Waals surface area (Å²) in [6.07, 6.45) is -3.28. The number of rotatable bonds is 39. The molecule has 6 aromatic heterocycles. The van der Waals surface area contributed by atoms with E-state index in [1.807, 2.05) is 0 Å². The van der Waals surface area contributed by atoms with Crippen LogP contribution in [0.15, 0.2) is 135 Å². The van der Waals surface area contributed by atoms with Gasteiger partial charge in [-0.2, -0.15) is 45.2 Å². The summed E-state index contributed by atoms with van der Waals surface area (Å²) in [6, 6.07) is 21.7. The van der Waals surface area contributed by atoms with Crippen LogP contribution in [0.1, 0.15) is 106 Å². The third-order valence-electron chi connectivity index (χ3n) is 20.4. The molecule has 0 bridgehead atoms. The number of benzene rings is 3. The molecule has 16 N–H and O–H groups in total. The van der Waals surface area contributed by atoms with E-state index in [1.54, 1.807) is 82.3 Å². The molecule has 686 valence electrons. The normalized spacial score (nSPS) is 25.9. The topological polar surface area (TPSA) is 575 Å². The third-order valence-corrected chi connectivity index (χ3v) is 25.3. The van der Waals surface area contributed by atoms with Crippen molar-refractivity contribution in [1.82, 2.24) is 73.8 Å². The molecule has 127 heavy (non-hydrogen) atoms. The van der Waals surface area contributed by atoms with Gasteiger partial charge in [0.15, 0.2) is 69.6 Å². The van der Waals surface area contributed by atoms with Crippen LogP contribution in [0, 0.1) is 0 Å². The Labute approximate surface area is 724 Å². The zero-order valence-electron chi connectivity index (χ0n) is 69.9. The number of nitrogen functional groups attached to an aromatic ring is 3. The maximum atomic E-state index is 16.4. The van der Waals surface area contributed by atoms with E-state index in [0.29, 0.717) is 34.0 Å². The van der Waals surface area contributed by atoms with Crippen LogP contribution < -0.4 is 62.0 Å². The predicted molar refractivity (Wildman–Crippen MR) is 452 cm³/mol. The van der Waals surface area contributed by atoms with Gasteiger partial charge in [0.2, 0.25) is 34.9 Å². The molecule has 3 aromatic carbocycles. The average molecular weight is 1830 g/mol. The lowest BCUT2D eigenvalue weighted by Gasteiger charge is -2.27. The lowest BCUT2D eigenvalue weighted by molar-refractivity contribution is -0.149. The molecular weight excluding hydrogens is 1730 g/mol. The lowest BCUT2D eigenvalue weighted by Crippen LogP contribution is -2.46. The molecule has 49 heteroatoms. The number of nitrogens with zero attached hydrogens (tertiary/aromatic N) is 12. The van der Waals surface area contributed by atoms with Gasteiger partial charge in [0.25, 0.3) is 0 Å². The zero-order chi connectivity index (χ0) is 91.1. The van der Waals surface area contributed by atoms with E-state index in [4.69, 9.17) is 72.8 Å². The molecular formula is C78H101F3N21O22P3. The Morgan fingerprint density at radius 1 is 0.496 bits per heavy atom. The van der Waals surface area contributed by atoms with E-state index in [0.717, 1.165) is 50.7 Å². The van der Waals surface area contributed by atoms with Gasteiger partial charge in [0.1, 0.15) is 72.0 Å². The van der Waals surface area contributed by atoms with Crippen molar-refractivity contribution in [2.75, 3.05) is 72.8 Å². The van der Waals surface area contributed by atoms with Crippen molar-refractivity contribution in [3.63, 3.8) is 0 Å². The van der Waals surface area contributed by atoms with Gasteiger partial charge in [-0.1, -0.05) is 67.8 Å². The van der Waals surface area contributed by atoms with Crippen LogP contribution in [0.5, 0.6) is 17.2 Å².